The summed E-state index contributed by atoms with van der Waals surface area (Å²) in [5.74, 6) is 1.99. The second kappa shape index (κ2) is 6.33. The molecule has 1 fully saturated rings. The van der Waals surface area contributed by atoms with Crippen LogP contribution in [0.4, 0.5) is 0 Å². The third kappa shape index (κ3) is 2.92. The van der Waals surface area contributed by atoms with Crippen molar-refractivity contribution in [1.82, 2.24) is 29.7 Å². The molecule has 1 aliphatic rings. The maximum atomic E-state index is 5.40. The Morgan fingerprint density at radius 1 is 1.00 bits per heavy atom. The molecule has 1 aromatic carbocycles. The first kappa shape index (κ1) is 15.3. The quantitative estimate of drug-likeness (QED) is 0.725. The normalized spacial score (nSPS) is 16.9. The molecular formula is C17H22N6O. The van der Waals surface area contributed by atoms with E-state index in [0.29, 0.717) is 0 Å². The highest BCUT2D eigenvalue weighted by molar-refractivity contribution is 5.79. The molecule has 4 rings (SSSR count). The van der Waals surface area contributed by atoms with Gasteiger partial charge in [0.2, 0.25) is 0 Å². The SMILES string of the molecule is Cc1nnc(CN2CCN(Cc3noc4ccccc34)CC2)n1C. The van der Waals surface area contributed by atoms with Crippen LogP contribution in [0.3, 0.4) is 0 Å². The Hall–Kier alpha value is -2.25. The summed E-state index contributed by atoms with van der Waals surface area (Å²) in [5.41, 5.74) is 1.90. The molecule has 2 aromatic heterocycles. The molecule has 3 heterocycles. The molecule has 0 atom stereocenters. The molecule has 0 spiro atoms. The fraction of sp³-hybridized carbons (Fsp3) is 0.471. The molecule has 0 unspecified atom stereocenters. The van der Waals surface area contributed by atoms with Crippen LogP contribution in [0, 0.1) is 6.92 Å². The van der Waals surface area contributed by atoms with Crippen molar-refractivity contribution in [2.75, 3.05) is 26.2 Å². The zero-order chi connectivity index (χ0) is 16.5. The van der Waals surface area contributed by atoms with Gasteiger partial charge in [-0.2, -0.15) is 0 Å². The third-order valence-electron chi connectivity index (χ3n) is 4.84. The molecule has 0 N–H and O–H groups in total. The smallest absolute Gasteiger partial charge is 0.167 e. The summed E-state index contributed by atoms with van der Waals surface area (Å²) in [5, 5.41) is 13.7. The monoisotopic (exact) mass is 326 g/mol. The number of piperazine rings is 1. The van der Waals surface area contributed by atoms with E-state index in [4.69, 9.17) is 4.52 Å². The van der Waals surface area contributed by atoms with Crippen LogP contribution in [0.1, 0.15) is 17.3 Å². The summed E-state index contributed by atoms with van der Waals surface area (Å²) in [6.45, 7) is 7.79. The van der Waals surface area contributed by atoms with Crippen molar-refractivity contribution in [3.8, 4) is 0 Å². The summed E-state index contributed by atoms with van der Waals surface area (Å²) in [6.07, 6.45) is 0. The Labute approximate surface area is 140 Å². The second-order valence-corrected chi connectivity index (χ2v) is 6.40. The van der Waals surface area contributed by atoms with Gasteiger partial charge in [-0.05, 0) is 19.1 Å². The standard InChI is InChI=1S/C17H22N6O/c1-13-18-19-17(21(13)2)12-23-9-7-22(8-10-23)11-15-14-5-3-4-6-16(14)24-20-15/h3-6H,7-12H2,1-2H3. The first-order valence-electron chi connectivity index (χ1n) is 8.33. The average molecular weight is 326 g/mol. The average Bonchev–Trinajstić information content (AvgIpc) is 3.15. The Morgan fingerprint density at radius 2 is 1.71 bits per heavy atom. The molecule has 7 nitrogen and oxygen atoms in total. The summed E-state index contributed by atoms with van der Waals surface area (Å²) in [4.78, 5) is 4.86. The molecule has 3 aromatic rings. The number of benzene rings is 1. The zero-order valence-electron chi connectivity index (χ0n) is 14.1. The van der Waals surface area contributed by atoms with Gasteiger partial charge in [0, 0.05) is 45.2 Å². The van der Waals surface area contributed by atoms with E-state index in [9.17, 15) is 0 Å². The number of rotatable bonds is 4. The van der Waals surface area contributed by atoms with Crippen molar-refractivity contribution in [2.45, 2.75) is 20.0 Å². The molecule has 1 saturated heterocycles. The van der Waals surface area contributed by atoms with Crippen LogP contribution in [0.25, 0.3) is 11.0 Å². The Morgan fingerprint density at radius 3 is 2.42 bits per heavy atom. The second-order valence-electron chi connectivity index (χ2n) is 6.40. The fourth-order valence-electron chi connectivity index (χ4n) is 3.16. The molecular weight excluding hydrogens is 304 g/mol. The highest BCUT2D eigenvalue weighted by Crippen LogP contribution is 2.20. The van der Waals surface area contributed by atoms with Crippen LogP contribution < -0.4 is 0 Å². The molecule has 0 amide bonds. The van der Waals surface area contributed by atoms with Crippen LogP contribution >= 0.6 is 0 Å². The molecule has 0 bridgehead atoms. The van der Waals surface area contributed by atoms with Crippen LogP contribution in [-0.2, 0) is 20.1 Å². The van der Waals surface area contributed by atoms with Crippen molar-refractivity contribution < 1.29 is 4.52 Å². The van der Waals surface area contributed by atoms with Gasteiger partial charge < -0.3 is 9.09 Å². The molecule has 126 valence electrons. The molecule has 0 radical (unpaired) electrons. The van der Waals surface area contributed by atoms with E-state index >= 15 is 0 Å². The first-order valence-corrected chi connectivity index (χ1v) is 8.33. The maximum absolute atomic E-state index is 5.40. The minimum Gasteiger partial charge on any atom is -0.356 e. The minimum absolute atomic E-state index is 0.841. The van der Waals surface area contributed by atoms with Gasteiger partial charge in [-0.15, -0.1) is 10.2 Å². The predicted octanol–water partition coefficient (Wildman–Crippen LogP) is 1.58. The van der Waals surface area contributed by atoms with Crippen molar-refractivity contribution in [1.29, 1.82) is 0 Å². The number of nitrogens with zero attached hydrogens (tertiary/aromatic N) is 6. The lowest BCUT2D eigenvalue weighted by molar-refractivity contribution is 0.117. The molecule has 24 heavy (non-hydrogen) atoms. The largest absolute Gasteiger partial charge is 0.356 e. The van der Waals surface area contributed by atoms with Crippen molar-refractivity contribution in [2.24, 2.45) is 7.05 Å². The highest BCUT2D eigenvalue weighted by atomic mass is 16.5. The van der Waals surface area contributed by atoms with E-state index in [1.807, 2.05) is 32.2 Å². The Balaban J connectivity index is 1.35. The van der Waals surface area contributed by atoms with E-state index in [0.717, 1.165) is 67.6 Å². The lowest BCUT2D eigenvalue weighted by Gasteiger charge is -2.33. The number of para-hydroxylation sites is 1. The lowest BCUT2D eigenvalue weighted by atomic mass is 10.2. The van der Waals surface area contributed by atoms with Gasteiger partial charge in [0.25, 0.3) is 0 Å². The maximum Gasteiger partial charge on any atom is 0.167 e. The number of hydrogen-bond acceptors (Lipinski definition) is 6. The summed E-state index contributed by atoms with van der Waals surface area (Å²) in [6, 6.07) is 8.05. The highest BCUT2D eigenvalue weighted by Gasteiger charge is 2.20. The zero-order valence-corrected chi connectivity index (χ0v) is 14.1. The summed E-state index contributed by atoms with van der Waals surface area (Å²) in [7, 11) is 2.02. The lowest BCUT2D eigenvalue weighted by Crippen LogP contribution is -2.45. The third-order valence-corrected chi connectivity index (χ3v) is 4.84. The molecule has 1 aliphatic heterocycles. The van der Waals surface area contributed by atoms with Gasteiger partial charge in [0.1, 0.15) is 17.3 Å². The van der Waals surface area contributed by atoms with Gasteiger partial charge in [0.05, 0.1) is 6.54 Å². The molecule has 0 saturated carbocycles. The van der Waals surface area contributed by atoms with Crippen molar-refractivity contribution in [3.05, 3.63) is 41.6 Å². The van der Waals surface area contributed by atoms with Gasteiger partial charge in [-0.1, -0.05) is 17.3 Å². The summed E-state index contributed by atoms with van der Waals surface area (Å²) < 4.78 is 7.46. The van der Waals surface area contributed by atoms with E-state index in [-0.39, 0.29) is 0 Å². The number of aromatic nitrogens is 4. The van der Waals surface area contributed by atoms with E-state index in [1.165, 1.54) is 0 Å². The van der Waals surface area contributed by atoms with Gasteiger partial charge >= 0.3 is 0 Å². The van der Waals surface area contributed by atoms with Gasteiger partial charge in [-0.3, -0.25) is 9.80 Å². The van der Waals surface area contributed by atoms with Crippen LogP contribution in [0.5, 0.6) is 0 Å². The van der Waals surface area contributed by atoms with Crippen LogP contribution in [0.15, 0.2) is 28.8 Å². The van der Waals surface area contributed by atoms with Gasteiger partial charge in [-0.25, -0.2) is 0 Å². The Kier molecular flexibility index (Phi) is 4.03. The van der Waals surface area contributed by atoms with Crippen molar-refractivity contribution in [3.63, 3.8) is 0 Å². The molecule has 0 aliphatic carbocycles. The topological polar surface area (TPSA) is 63.2 Å². The Bertz CT molecular complexity index is 831. The van der Waals surface area contributed by atoms with Crippen molar-refractivity contribution >= 4 is 11.0 Å². The van der Waals surface area contributed by atoms with Crippen LogP contribution in [0.2, 0.25) is 0 Å². The predicted molar refractivity (Wildman–Crippen MR) is 90.3 cm³/mol. The van der Waals surface area contributed by atoms with Crippen LogP contribution in [-0.4, -0.2) is 55.9 Å². The molecule has 7 heteroatoms. The van der Waals surface area contributed by atoms with E-state index in [1.54, 1.807) is 0 Å². The first-order chi connectivity index (χ1) is 11.7. The fourth-order valence-corrected chi connectivity index (χ4v) is 3.16. The number of aryl methyl sites for hydroxylation is 1. The van der Waals surface area contributed by atoms with E-state index < -0.39 is 0 Å². The number of hydrogen-bond donors (Lipinski definition) is 0. The van der Waals surface area contributed by atoms with E-state index in [2.05, 4.69) is 35.8 Å². The number of fused-ring (bicyclic) bond motifs is 1. The minimum atomic E-state index is 0.841. The van der Waals surface area contributed by atoms with Gasteiger partial charge in [0.15, 0.2) is 5.58 Å². The summed E-state index contributed by atoms with van der Waals surface area (Å²) >= 11 is 0.